The van der Waals surface area contributed by atoms with E-state index in [4.69, 9.17) is 14.2 Å². The Labute approximate surface area is 295 Å². The van der Waals surface area contributed by atoms with Gasteiger partial charge in [0, 0.05) is 62.8 Å². The Kier molecular flexibility index (Phi) is 10.5. The number of carbonyl (C=O) groups is 1. The molecular formula is C36H51FN6O6S. The first-order chi connectivity index (χ1) is 24.0. The fraction of sp³-hybridized carbons (Fsp3) is 0.694. The third-order valence-electron chi connectivity index (χ3n) is 11.6. The third-order valence-corrected chi connectivity index (χ3v) is 13.4. The van der Waals surface area contributed by atoms with Crippen LogP contribution in [0.25, 0.3) is 0 Å². The highest BCUT2D eigenvalue weighted by Crippen LogP contribution is 2.45. The van der Waals surface area contributed by atoms with Crippen LogP contribution in [-0.2, 0) is 19.7 Å². The van der Waals surface area contributed by atoms with Gasteiger partial charge in [-0.25, -0.2) is 14.4 Å². The Bertz CT molecular complexity index is 1610. The molecule has 6 heterocycles. The number of hydrogen-bond donors (Lipinski definition) is 1. The fourth-order valence-electron chi connectivity index (χ4n) is 8.74. The molecule has 1 spiro atoms. The Hall–Kier alpha value is -2.75. The molecule has 274 valence electrons. The van der Waals surface area contributed by atoms with E-state index in [0.29, 0.717) is 43.7 Å². The standard InChI is InChI=1S/C36H51FN6O6S/c1-24-18-47-19-25(2)33(24)34(44)30-15-27(37)6-9-31(30)49-32-16-38-23-39-35(32)42-21-36(22-42)10-13-41(14-11-36)17-29-8-7-28(20-48-29)40-50(45,46)43-12-4-5-26(43)3/h6,9,15-16,23-26,28-29,33,40H,4-5,7-8,10-14,17-22H2,1-3H3/t24-,25-,26+,28-,29+/m1/s1. The van der Waals surface area contributed by atoms with E-state index >= 15 is 0 Å². The molecule has 5 saturated heterocycles. The number of benzene rings is 1. The summed E-state index contributed by atoms with van der Waals surface area (Å²) in [5.74, 6) is 0.543. The van der Waals surface area contributed by atoms with Crippen LogP contribution >= 0.6 is 0 Å². The number of Topliss-reactive ketones (excluding diaryl/α,β-unsaturated/α-hetero) is 1. The lowest BCUT2D eigenvalue weighted by molar-refractivity contribution is -0.0301. The van der Waals surface area contributed by atoms with Crippen LogP contribution in [0.2, 0.25) is 0 Å². The Morgan fingerprint density at radius 1 is 1.04 bits per heavy atom. The number of aromatic nitrogens is 2. The molecule has 0 saturated carbocycles. The molecule has 2 aromatic rings. The number of ether oxygens (including phenoxy) is 3. The molecule has 5 fully saturated rings. The summed E-state index contributed by atoms with van der Waals surface area (Å²) in [5.41, 5.74) is 0.419. The van der Waals surface area contributed by atoms with E-state index in [1.807, 2.05) is 20.8 Å². The molecular weight excluding hydrogens is 663 g/mol. The maximum Gasteiger partial charge on any atom is 0.280 e. The summed E-state index contributed by atoms with van der Waals surface area (Å²) in [7, 11) is -3.48. The van der Waals surface area contributed by atoms with Gasteiger partial charge in [-0.05, 0) is 88.6 Å². The minimum absolute atomic E-state index is 0.0150. The molecule has 0 aliphatic carbocycles. The minimum Gasteiger partial charge on any atom is -0.451 e. The molecule has 5 atom stereocenters. The molecule has 0 radical (unpaired) electrons. The van der Waals surface area contributed by atoms with Gasteiger partial charge in [0.1, 0.15) is 17.9 Å². The number of rotatable bonds is 10. The van der Waals surface area contributed by atoms with Gasteiger partial charge in [0.15, 0.2) is 17.4 Å². The van der Waals surface area contributed by atoms with Gasteiger partial charge in [-0.2, -0.15) is 17.4 Å². The lowest BCUT2D eigenvalue weighted by Gasteiger charge is -2.54. The van der Waals surface area contributed by atoms with Crippen LogP contribution in [0.15, 0.2) is 30.7 Å². The van der Waals surface area contributed by atoms with Gasteiger partial charge >= 0.3 is 0 Å². The average molecular weight is 715 g/mol. The van der Waals surface area contributed by atoms with Crippen molar-refractivity contribution in [1.29, 1.82) is 0 Å². The molecule has 5 aliphatic rings. The highest BCUT2D eigenvalue weighted by Gasteiger charge is 2.46. The first-order valence-corrected chi connectivity index (χ1v) is 19.7. The second-order valence-corrected chi connectivity index (χ2v) is 17.1. The van der Waals surface area contributed by atoms with Gasteiger partial charge in [0.25, 0.3) is 10.2 Å². The van der Waals surface area contributed by atoms with Crippen LogP contribution in [0, 0.1) is 29.0 Å². The minimum atomic E-state index is -3.48. The van der Waals surface area contributed by atoms with Gasteiger partial charge in [-0.15, -0.1) is 0 Å². The molecule has 0 amide bonds. The van der Waals surface area contributed by atoms with Gasteiger partial charge in [0.05, 0.1) is 24.5 Å². The number of nitrogens with one attached hydrogen (secondary N) is 1. The van der Waals surface area contributed by atoms with E-state index in [9.17, 15) is 17.6 Å². The number of anilines is 1. The van der Waals surface area contributed by atoms with Gasteiger partial charge in [0.2, 0.25) is 0 Å². The number of hydrogen-bond acceptors (Lipinski definition) is 10. The molecule has 14 heteroatoms. The molecule has 1 aromatic heterocycles. The molecule has 1 N–H and O–H groups in total. The summed E-state index contributed by atoms with van der Waals surface area (Å²) in [6, 6.07) is 3.97. The molecule has 7 rings (SSSR count). The second kappa shape index (κ2) is 14.7. The predicted octanol–water partition coefficient (Wildman–Crippen LogP) is 4.28. The summed E-state index contributed by atoms with van der Waals surface area (Å²) in [6.07, 6.45) is 8.78. The van der Waals surface area contributed by atoms with Crippen LogP contribution in [0.4, 0.5) is 10.2 Å². The molecule has 5 aliphatic heterocycles. The normalized spacial score (nSPS) is 29.6. The van der Waals surface area contributed by atoms with Gasteiger partial charge < -0.3 is 24.0 Å². The van der Waals surface area contributed by atoms with Crippen molar-refractivity contribution in [2.75, 3.05) is 64.0 Å². The van der Waals surface area contributed by atoms with Crippen molar-refractivity contribution < 1.29 is 31.8 Å². The maximum absolute atomic E-state index is 14.5. The van der Waals surface area contributed by atoms with Crippen molar-refractivity contribution in [3.63, 3.8) is 0 Å². The van der Waals surface area contributed by atoms with Crippen LogP contribution in [0.1, 0.15) is 69.7 Å². The van der Waals surface area contributed by atoms with Crippen LogP contribution in [-0.4, -0.2) is 111 Å². The average Bonchev–Trinajstić information content (AvgIpc) is 3.53. The van der Waals surface area contributed by atoms with Crippen molar-refractivity contribution in [1.82, 2.24) is 23.9 Å². The number of piperidine rings is 1. The second-order valence-electron chi connectivity index (χ2n) is 15.4. The summed E-state index contributed by atoms with van der Waals surface area (Å²) in [4.78, 5) is 27.2. The molecule has 0 bridgehead atoms. The highest BCUT2D eigenvalue weighted by molar-refractivity contribution is 7.87. The fourth-order valence-corrected chi connectivity index (χ4v) is 10.4. The molecule has 0 unspecified atom stereocenters. The number of likely N-dealkylation sites (tertiary alicyclic amines) is 1. The quantitative estimate of drug-likeness (QED) is 0.357. The summed E-state index contributed by atoms with van der Waals surface area (Å²) in [6.45, 7) is 12.5. The first-order valence-electron chi connectivity index (χ1n) is 18.3. The maximum atomic E-state index is 14.5. The summed E-state index contributed by atoms with van der Waals surface area (Å²) < 4.78 is 62.8. The zero-order chi connectivity index (χ0) is 35.0. The van der Waals surface area contributed by atoms with E-state index in [-0.39, 0.29) is 52.7 Å². The summed E-state index contributed by atoms with van der Waals surface area (Å²) in [5, 5.41) is 0. The topological polar surface area (TPSA) is 126 Å². The number of nitrogens with zero attached hydrogens (tertiary/aromatic N) is 5. The Morgan fingerprint density at radius 3 is 2.48 bits per heavy atom. The van der Waals surface area contributed by atoms with Crippen LogP contribution in [0.3, 0.4) is 0 Å². The SMILES string of the molecule is C[C@@H]1COC[C@@H](C)C1C(=O)c1cc(F)ccc1Oc1cncnc1N1CC2(CCN(C[C@@H]3CC[C@@H](NS(=O)(=O)N4CCC[C@@H]4C)CO3)CC2)C1. The Morgan fingerprint density at radius 2 is 1.80 bits per heavy atom. The smallest absolute Gasteiger partial charge is 0.280 e. The zero-order valence-corrected chi connectivity index (χ0v) is 30.2. The first kappa shape index (κ1) is 35.6. The van der Waals surface area contributed by atoms with E-state index in [0.717, 1.165) is 71.2 Å². The van der Waals surface area contributed by atoms with Crippen molar-refractivity contribution >= 4 is 21.8 Å². The highest BCUT2D eigenvalue weighted by atomic mass is 32.2. The van der Waals surface area contributed by atoms with Crippen molar-refractivity contribution in [3.05, 3.63) is 42.1 Å². The number of ketones is 1. The van der Waals surface area contributed by atoms with Gasteiger partial charge in [-0.1, -0.05) is 13.8 Å². The number of carbonyl (C=O) groups excluding carboxylic acids is 1. The Balaban J connectivity index is 0.911. The van der Waals surface area contributed by atoms with E-state index in [1.54, 1.807) is 10.5 Å². The van der Waals surface area contributed by atoms with Crippen molar-refractivity contribution in [2.24, 2.45) is 23.2 Å². The van der Waals surface area contributed by atoms with Crippen molar-refractivity contribution in [2.45, 2.75) is 77.5 Å². The lowest BCUT2D eigenvalue weighted by Crippen LogP contribution is -2.61. The van der Waals surface area contributed by atoms with E-state index < -0.39 is 16.0 Å². The van der Waals surface area contributed by atoms with Crippen molar-refractivity contribution in [3.8, 4) is 11.5 Å². The third kappa shape index (κ3) is 7.56. The van der Waals surface area contributed by atoms with Crippen LogP contribution in [0.5, 0.6) is 11.5 Å². The van der Waals surface area contributed by atoms with E-state index in [1.165, 1.54) is 24.5 Å². The lowest BCUT2D eigenvalue weighted by atomic mass is 9.72. The van der Waals surface area contributed by atoms with Crippen LogP contribution < -0.4 is 14.4 Å². The monoisotopic (exact) mass is 714 g/mol. The molecule has 1 aromatic carbocycles. The largest absolute Gasteiger partial charge is 0.451 e. The summed E-state index contributed by atoms with van der Waals surface area (Å²) >= 11 is 0. The van der Waals surface area contributed by atoms with Gasteiger partial charge in [-0.3, -0.25) is 4.79 Å². The molecule has 50 heavy (non-hydrogen) atoms. The molecule has 12 nitrogen and oxygen atoms in total. The zero-order valence-electron chi connectivity index (χ0n) is 29.4. The number of halogens is 1. The van der Waals surface area contributed by atoms with E-state index in [2.05, 4.69) is 24.5 Å². The predicted molar refractivity (Wildman–Crippen MR) is 186 cm³/mol.